The molecule has 3 nitrogen and oxygen atoms in total. The van der Waals surface area contributed by atoms with Crippen LogP contribution in [0.5, 0.6) is 0 Å². The second kappa shape index (κ2) is 4.90. The Kier molecular flexibility index (Phi) is 3.52. The van der Waals surface area contributed by atoms with Gasteiger partial charge in [-0.3, -0.25) is 0 Å². The Hall–Kier alpha value is -0.980. The van der Waals surface area contributed by atoms with E-state index >= 15 is 0 Å². The van der Waals surface area contributed by atoms with Crippen molar-refractivity contribution in [3.8, 4) is 0 Å². The molecule has 0 aliphatic rings. The SMILES string of the molecule is C[C@@H](O)c1cccc(F)c1Sc1nncs1. The Bertz CT molecular complexity index is 474. The van der Waals surface area contributed by atoms with Crippen molar-refractivity contribution in [2.75, 3.05) is 0 Å². The number of aliphatic hydroxyl groups is 1. The molecular formula is C10H9FN2OS2. The molecule has 6 heteroatoms. The summed E-state index contributed by atoms with van der Waals surface area (Å²) >= 11 is 2.53. The Morgan fingerprint density at radius 2 is 2.31 bits per heavy atom. The lowest BCUT2D eigenvalue weighted by Crippen LogP contribution is -1.96. The molecule has 0 unspecified atom stereocenters. The summed E-state index contributed by atoms with van der Waals surface area (Å²) < 4.78 is 14.3. The third kappa shape index (κ3) is 2.40. The summed E-state index contributed by atoms with van der Waals surface area (Å²) in [6, 6.07) is 4.66. The highest BCUT2D eigenvalue weighted by atomic mass is 32.2. The number of nitrogens with zero attached hydrogens (tertiary/aromatic N) is 2. The number of aromatic nitrogens is 2. The summed E-state index contributed by atoms with van der Waals surface area (Å²) in [6.45, 7) is 1.61. The van der Waals surface area contributed by atoms with Crippen molar-refractivity contribution < 1.29 is 9.50 Å². The fourth-order valence-electron chi connectivity index (χ4n) is 1.26. The molecular weight excluding hydrogens is 247 g/mol. The molecule has 2 aromatic rings. The predicted molar refractivity (Wildman–Crippen MR) is 61.1 cm³/mol. The minimum atomic E-state index is -0.703. The largest absolute Gasteiger partial charge is 0.389 e. The lowest BCUT2D eigenvalue weighted by atomic mass is 10.1. The lowest BCUT2D eigenvalue weighted by Gasteiger charge is -2.10. The van der Waals surface area contributed by atoms with Crippen LogP contribution in [-0.2, 0) is 0 Å². The summed E-state index contributed by atoms with van der Waals surface area (Å²) in [5, 5.41) is 17.1. The van der Waals surface area contributed by atoms with E-state index in [1.54, 1.807) is 24.6 Å². The van der Waals surface area contributed by atoms with Crippen LogP contribution in [0.15, 0.2) is 32.9 Å². The average Bonchev–Trinajstić information content (AvgIpc) is 2.73. The Morgan fingerprint density at radius 1 is 1.50 bits per heavy atom. The second-order valence-corrected chi connectivity index (χ2v) is 5.23. The van der Waals surface area contributed by atoms with Crippen LogP contribution in [0.1, 0.15) is 18.6 Å². The number of halogens is 1. The minimum absolute atomic E-state index is 0.349. The van der Waals surface area contributed by atoms with Gasteiger partial charge < -0.3 is 5.11 Å². The van der Waals surface area contributed by atoms with E-state index in [1.807, 2.05) is 0 Å². The molecule has 0 radical (unpaired) electrons. The van der Waals surface area contributed by atoms with Crippen molar-refractivity contribution in [3.05, 3.63) is 35.1 Å². The summed E-state index contributed by atoms with van der Waals surface area (Å²) in [5.41, 5.74) is 2.16. The zero-order valence-corrected chi connectivity index (χ0v) is 10.1. The van der Waals surface area contributed by atoms with E-state index in [0.717, 1.165) is 0 Å². The average molecular weight is 256 g/mol. The van der Waals surface area contributed by atoms with E-state index in [0.29, 0.717) is 14.8 Å². The summed E-state index contributed by atoms with van der Waals surface area (Å²) in [7, 11) is 0. The zero-order valence-electron chi connectivity index (χ0n) is 8.42. The first-order valence-corrected chi connectivity index (χ1v) is 6.28. The molecule has 1 aromatic heterocycles. The molecule has 0 bridgehead atoms. The summed E-state index contributed by atoms with van der Waals surface area (Å²) in [4.78, 5) is 0.411. The molecule has 0 spiro atoms. The lowest BCUT2D eigenvalue weighted by molar-refractivity contribution is 0.195. The van der Waals surface area contributed by atoms with Gasteiger partial charge in [0.15, 0.2) is 4.34 Å². The van der Waals surface area contributed by atoms with Gasteiger partial charge in [0.1, 0.15) is 11.3 Å². The predicted octanol–water partition coefficient (Wildman–Crippen LogP) is 2.88. The van der Waals surface area contributed by atoms with Gasteiger partial charge in [0.05, 0.1) is 11.0 Å². The van der Waals surface area contributed by atoms with Crippen LogP contribution in [0.4, 0.5) is 4.39 Å². The van der Waals surface area contributed by atoms with E-state index in [1.165, 1.54) is 29.2 Å². The number of benzene rings is 1. The fourth-order valence-corrected chi connectivity index (χ4v) is 2.89. The van der Waals surface area contributed by atoms with Crippen LogP contribution < -0.4 is 0 Å². The highest BCUT2D eigenvalue weighted by Gasteiger charge is 2.14. The quantitative estimate of drug-likeness (QED) is 0.917. The Labute approximate surface area is 100 Å². The van der Waals surface area contributed by atoms with Gasteiger partial charge >= 0.3 is 0 Å². The molecule has 1 N–H and O–H groups in total. The molecule has 0 amide bonds. The van der Waals surface area contributed by atoms with Crippen molar-refractivity contribution in [1.29, 1.82) is 0 Å². The van der Waals surface area contributed by atoms with Crippen molar-refractivity contribution >= 4 is 23.1 Å². The van der Waals surface area contributed by atoms with Crippen LogP contribution >= 0.6 is 23.1 Å². The maximum absolute atomic E-state index is 13.6. The fraction of sp³-hybridized carbons (Fsp3) is 0.200. The second-order valence-electron chi connectivity index (χ2n) is 3.14. The van der Waals surface area contributed by atoms with Gasteiger partial charge in [-0.05, 0) is 18.6 Å². The third-order valence-electron chi connectivity index (χ3n) is 1.98. The van der Waals surface area contributed by atoms with Crippen LogP contribution in [0, 0.1) is 5.82 Å². The van der Waals surface area contributed by atoms with Crippen molar-refractivity contribution in [3.63, 3.8) is 0 Å². The molecule has 1 heterocycles. The summed E-state index contributed by atoms with van der Waals surface area (Å²) in [5.74, 6) is -0.349. The monoisotopic (exact) mass is 256 g/mol. The minimum Gasteiger partial charge on any atom is -0.389 e. The Morgan fingerprint density at radius 3 is 2.94 bits per heavy atom. The Balaban J connectivity index is 2.38. The molecule has 0 fully saturated rings. The molecule has 0 aliphatic heterocycles. The van der Waals surface area contributed by atoms with Crippen LogP contribution in [0.3, 0.4) is 0 Å². The van der Waals surface area contributed by atoms with E-state index < -0.39 is 6.10 Å². The van der Waals surface area contributed by atoms with E-state index in [4.69, 9.17) is 0 Å². The van der Waals surface area contributed by atoms with Gasteiger partial charge in [-0.1, -0.05) is 35.2 Å². The maximum Gasteiger partial charge on any atom is 0.178 e. The third-order valence-corrected chi connectivity index (χ3v) is 3.89. The first-order valence-electron chi connectivity index (χ1n) is 4.59. The van der Waals surface area contributed by atoms with Gasteiger partial charge in [0.2, 0.25) is 0 Å². The van der Waals surface area contributed by atoms with Crippen LogP contribution in [0.2, 0.25) is 0 Å². The molecule has 0 aliphatic carbocycles. The molecule has 2 rings (SSSR count). The van der Waals surface area contributed by atoms with Crippen LogP contribution in [0.25, 0.3) is 0 Å². The molecule has 84 valence electrons. The molecule has 0 saturated carbocycles. The normalized spacial score (nSPS) is 12.7. The molecule has 16 heavy (non-hydrogen) atoms. The van der Waals surface area contributed by atoms with Gasteiger partial charge in [0, 0.05) is 0 Å². The number of hydrogen-bond donors (Lipinski definition) is 1. The van der Waals surface area contributed by atoms with Crippen LogP contribution in [-0.4, -0.2) is 15.3 Å². The highest BCUT2D eigenvalue weighted by molar-refractivity contribution is 8.01. The molecule has 1 atom stereocenters. The zero-order chi connectivity index (χ0) is 11.5. The van der Waals surface area contributed by atoms with Crippen molar-refractivity contribution in [2.45, 2.75) is 22.3 Å². The van der Waals surface area contributed by atoms with Gasteiger partial charge in [-0.25, -0.2) is 4.39 Å². The molecule has 1 aromatic carbocycles. The first kappa shape index (κ1) is 11.5. The van der Waals surface area contributed by atoms with Gasteiger partial charge in [0.25, 0.3) is 0 Å². The van der Waals surface area contributed by atoms with E-state index in [-0.39, 0.29) is 5.82 Å². The first-order chi connectivity index (χ1) is 7.68. The van der Waals surface area contributed by atoms with Crippen molar-refractivity contribution in [1.82, 2.24) is 10.2 Å². The number of hydrogen-bond acceptors (Lipinski definition) is 5. The number of aliphatic hydroxyl groups excluding tert-OH is 1. The highest BCUT2D eigenvalue weighted by Crippen LogP contribution is 2.35. The van der Waals surface area contributed by atoms with E-state index in [2.05, 4.69) is 10.2 Å². The van der Waals surface area contributed by atoms with Gasteiger partial charge in [-0.15, -0.1) is 10.2 Å². The molecule has 0 saturated heterocycles. The topological polar surface area (TPSA) is 46.0 Å². The van der Waals surface area contributed by atoms with Gasteiger partial charge in [-0.2, -0.15) is 0 Å². The van der Waals surface area contributed by atoms with E-state index in [9.17, 15) is 9.50 Å². The number of rotatable bonds is 3. The smallest absolute Gasteiger partial charge is 0.178 e. The summed E-state index contributed by atoms with van der Waals surface area (Å²) in [6.07, 6.45) is -0.703. The standard InChI is InChI=1S/C10H9FN2OS2/c1-6(14)7-3-2-4-8(11)9(7)16-10-13-12-5-15-10/h2-6,14H,1H3/t6-/m1/s1. The maximum atomic E-state index is 13.6. The van der Waals surface area contributed by atoms with Crippen molar-refractivity contribution in [2.24, 2.45) is 0 Å².